The zero-order valence-electron chi connectivity index (χ0n) is 10.2. The molecule has 0 aromatic heterocycles. The Bertz CT molecular complexity index is 426. The molecule has 3 nitrogen and oxygen atoms in total. The lowest BCUT2D eigenvalue weighted by Gasteiger charge is -2.35. The zero-order chi connectivity index (χ0) is 11.9. The summed E-state index contributed by atoms with van der Waals surface area (Å²) in [6.45, 7) is 6.19. The van der Waals surface area contributed by atoms with Crippen molar-refractivity contribution in [3.8, 4) is 0 Å². The molecule has 1 aromatic carbocycles. The van der Waals surface area contributed by atoms with Gasteiger partial charge in [0.1, 0.15) is 6.04 Å². The summed E-state index contributed by atoms with van der Waals surface area (Å²) in [6.07, 6.45) is 0. The Hall–Kier alpha value is -1.51. The predicted molar refractivity (Wildman–Crippen MR) is 66.8 cm³/mol. The van der Waals surface area contributed by atoms with Crippen LogP contribution in [0.1, 0.15) is 19.4 Å². The zero-order valence-corrected chi connectivity index (χ0v) is 10.2. The average molecular weight is 218 g/mol. The van der Waals surface area contributed by atoms with Crippen LogP contribution in [-0.2, 0) is 4.79 Å². The number of nitrogens with zero attached hydrogens (tertiary/aromatic N) is 1. The lowest BCUT2D eigenvalue weighted by molar-refractivity contribution is -0.120. The first kappa shape index (κ1) is 11.0. The van der Waals surface area contributed by atoms with Gasteiger partial charge in [0.2, 0.25) is 5.91 Å². The molecule has 0 spiro atoms. The Balaban J connectivity index is 2.48. The van der Waals surface area contributed by atoms with Gasteiger partial charge >= 0.3 is 0 Å². The summed E-state index contributed by atoms with van der Waals surface area (Å²) in [5, 5.41) is 3.35. The molecule has 86 valence electrons. The molecular formula is C13H18N2O. The smallest absolute Gasteiger partial charge is 0.249 e. The van der Waals surface area contributed by atoms with Gasteiger partial charge in [0.05, 0.1) is 11.4 Å². The Kier molecular flexibility index (Phi) is 2.62. The van der Waals surface area contributed by atoms with E-state index < -0.39 is 0 Å². The van der Waals surface area contributed by atoms with E-state index in [4.69, 9.17) is 0 Å². The van der Waals surface area contributed by atoms with E-state index in [1.54, 1.807) is 4.90 Å². The lowest BCUT2D eigenvalue weighted by Crippen LogP contribution is -2.48. The highest BCUT2D eigenvalue weighted by Crippen LogP contribution is 2.34. The maximum atomic E-state index is 12.1. The molecule has 1 aliphatic rings. The SMILES string of the molecule is Cc1cccc2c1NC(C(C)C)C(=O)N2C. The number of carbonyl (C=O) groups is 1. The van der Waals surface area contributed by atoms with E-state index in [9.17, 15) is 4.79 Å². The number of amides is 1. The lowest BCUT2D eigenvalue weighted by atomic mass is 9.98. The van der Waals surface area contributed by atoms with Crippen molar-refractivity contribution in [3.63, 3.8) is 0 Å². The van der Waals surface area contributed by atoms with E-state index in [-0.39, 0.29) is 11.9 Å². The molecule has 0 radical (unpaired) electrons. The summed E-state index contributed by atoms with van der Waals surface area (Å²) < 4.78 is 0. The van der Waals surface area contributed by atoms with E-state index in [0.717, 1.165) is 11.4 Å². The topological polar surface area (TPSA) is 32.3 Å². The van der Waals surface area contributed by atoms with Crippen molar-refractivity contribution in [2.75, 3.05) is 17.3 Å². The summed E-state index contributed by atoms with van der Waals surface area (Å²) >= 11 is 0. The Labute approximate surface area is 96.5 Å². The van der Waals surface area contributed by atoms with Crippen LogP contribution in [0.4, 0.5) is 11.4 Å². The number of rotatable bonds is 1. The Morgan fingerprint density at radius 3 is 2.69 bits per heavy atom. The fourth-order valence-electron chi connectivity index (χ4n) is 2.12. The molecule has 0 aliphatic carbocycles. The van der Waals surface area contributed by atoms with Crippen LogP contribution in [0, 0.1) is 12.8 Å². The number of benzene rings is 1. The first-order chi connectivity index (χ1) is 7.52. The van der Waals surface area contributed by atoms with Crippen molar-refractivity contribution in [3.05, 3.63) is 23.8 Å². The van der Waals surface area contributed by atoms with Gasteiger partial charge in [-0.15, -0.1) is 0 Å². The van der Waals surface area contributed by atoms with Crippen molar-refractivity contribution < 1.29 is 4.79 Å². The summed E-state index contributed by atoms with van der Waals surface area (Å²) in [4.78, 5) is 13.9. The number of carbonyl (C=O) groups excluding carboxylic acids is 1. The first-order valence-electron chi connectivity index (χ1n) is 5.66. The van der Waals surface area contributed by atoms with Gasteiger partial charge in [-0.25, -0.2) is 0 Å². The number of aryl methyl sites for hydroxylation is 1. The molecule has 1 aromatic rings. The third kappa shape index (κ3) is 1.56. The molecule has 1 amide bonds. The second-order valence-corrected chi connectivity index (χ2v) is 4.73. The van der Waals surface area contributed by atoms with Crippen molar-refractivity contribution in [1.82, 2.24) is 0 Å². The summed E-state index contributed by atoms with van der Waals surface area (Å²) in [5.41, 5.74) is 3.24. The minimum Gasteiger partial charge on any atom is -0.372 e. The molecule has 0 bridgehead atoms. The third-order valence-electron chi connectivity index (χ3n) is 3.18. The summed E-state index contributed by atoms with van der Waals surface area (Å²) in [7, 11) is 1.84. The molecular weight excluding hydrogens is 200 g/mol. The highest BCUT2D eigenvalue weighted by Gasteiger charge is 2.32. The number of hydrogen-bond donors (Lipinski definition) is 1. The van der Waals surface area contributed by atoms with Crippen molar-refractivity contribution in [2.24, 2.45) is 5.92 Å². The average Bonchev–Trinajstić information content (AvgIpc) is 2.23. The highest BCUT2D eigenvalue weighted by atomic mass is 16.2. The summed E-state index contributed by atoms with van der Waals surface area (Å²) in [5.74, 6) is 0.441. The van der Waals surface area contributed by atoms with E-state index in [2.05, 4.69) is 32.2 Å². The van der Waals surface area contributed by atoms with Crippen LogP contribution in [0.15, 0.2) is 18.2 Å². The van der Waals surface area contributed by atoms with Crippen LogP contribution in [0.5, 0.6) is 0 Å². The van der Waals surface area contributed by atoms with Gasteiger partial charge in [0, 0.05) is 7.05 Å². The minimum absolute atomic E-state index is 0.112. The molecule has 1 atom stereocenters. The maximum absolute atomic E-state index is 12.1. The molecule has 0 saturated carbocycles. The third-order valence-corrected chi connectivity index (χ3v) is 3.18. The monoisotopic (exact) mass is 218 g/mol. The molecule has 1 N–H and O–H groups in total. The van der Waals surface area contributed by atoms with Crippen LogP contribution in [0.3, 0.4) is 0 Å². The first-order valence-corrected chi connectivity index (χ1v) is 5.66. The van der Waals surface area contributed by atoms with Gasteiger partial charge in [-0.05, 0) is 24.5 Å². The normalized spacial score (nSPS) is 19.7. The fourth-order valence-corrected chi connectivity index (χ4v) is 2.12. The fraction of sp³-hybridized carbons (Fsp3) is 0.462. The number of para-hydroxylation sites is 1. The van der Waals surface area contributed by atoms with Gasteiger partial charge in [0.15, 0.2) is 0 Å². The minimum atomic E-state index is -0.112. The van der Waals surface area contributed by atoms with Gasteiger partial charge in [-0.3, -0.25) is 4.79 Å². The quantitative estimate of drug-likeness (QED) is 0.785. The van der Waals surface area contributed by atoms with Crippen molar-refractivity contribution >= 4 is 17.3 Å². The molecule has 0 saturated heterocycles. The maximum Gasteiger partial charge on any atom is 0.249 e. The van der Waals surface area contributed by atoms with E-state index in [0.29, 0.717) is 5.92 Å². The molecule has 1 heterocycles. The van der Waals surface area contributed by atoms with Crippen molar-refractivity contribution in [1.29, 1.82) is 0 Å². The van der Waals surface area contributed by atoms with E-state index in [1.807, 2.05) is 19.2 Å². The number of fused-ring (bicyclic) bond motifs is 1. The number of hydrogen-bond acceptors (Lipinski definition) is 2. The van der Waals surface area contributed by atoms with Gasteiger partial charge < -0.3 is 10.2 Å². The number of anilines is 2. The molecule has 0 fully saturated rings. The second-order valence-electron chi connectivity index (χ2n) is 4.73. The van der Waals surface area contributed by atoms with Crippen molar-refractivity contribution in [2.45, 2.75) is 26.8 Å². The van der Waals surface area contributed by atoms with E-state index in [1.165, 1.54) is 5.56 Å². The van der Waals surface area contributed by atoms with Crippen LogP contribution in [0.2, 0.25) is 0 Å². The van der Waals surface area contributed by atoms with Crippen LogP contribution in [0.25, 0.3) is 0 Å². The Morgan fingerprint density at radius 2 is 2.06 bits per heavy atom. The van der Waals surface area contributed by atoms with Gasteiger partial charge in [-0.2, -0.15) is 0 Å². The van der Waals surface area contributed by atoms with E-state index >= 15 is 0 Å². The molecule has 3 heteroatoms. The van der Waals surface area contributed by atoms with Gasteiger partial charge in [-0.1, -0.05) is 26.0 Å². The number of nitrogens with one attached hydrogen (secondary N) is 1. The highest BCUT2D eigenvalue weighted by molar-refractivity contribution is 6.05. The van der Waals surface area contributed by atoms with Crippen LogP contribution in [-0.4, -0.2) is 19.0 Å². The second kappa shape index (κ2) is 3.81. The largest absolute Gasteiger partial charge is 0.372 e. The van der Waals surface area contributed by atoms with Crippen LogP contribution >= 0.6 is 0 Å². The molecule has 1 unspecified atom stereocenters. The van der Waals surface area contributed by atoms with Crippen LogP contribution < -0.4 is 10.2 Å². The Morgan fingerprint density at radius 1 is 1.38 bits per heavy atom. The summed E-state index contributed by atoms with van der Waals surface area (Å²) in [6, 6.07) is 5.91. The predicted octanol–water partition coefficient (Wildman–Crippen LogP) is 2.41. The molecule has 16 heavy (non-hydrogen) atoms. The van der Waals surface area contributed by atoms with Gasteiger partial charge in [0.25, 0.3) is 0 Å². The number of likely N-dealkylation sites (N-methyl/N-ethyl adjacent to an activating group) is 1. The molecule has 2 rings (SSSR count). The standard InChI is InChI=1S/C13H18N2O/c1-8(2)11-13(16)15(4)10-7-5-6-9(3)12(10)14-11/h5-8,11,14H,1-4H3. The molecule has 1 aliphatic heterocycles.